The number of hydrogen-bond acceptors (Lipinski definition) is 8. The van der Waals surface area contributed by atoms with Gasteiger partial charge in [0.05, 0.1) is 27.5 Å². The quantitative estimate of drug-likeness (QED) is 0.427. The number of primary amides is 1. The summed E-state index contributed by atoms with van der Waals surface area (Å²) in [4.78, 5) is 12.9. The van der Waals surface area contributed by atoms with Gasteiger partial charge in [-0.15, -0.1) is 0 Å². The molecular weight excluding hydrogens is 402 g/mol. The van der Waals surface area contributed by atoms with E-state index in [4.69, 9.17) is 24.7 Å². The Morgan fingerprint density at radius 2 is 1.76 bits per heavy atom. The molecule has 0 spiro atoms. The van der Waals surface area contributed by atoms with Gasteiger partial charge in [-0.1, -0.05) is 0 Å². The molecule has 0 aliphatic rings. The highest BCUT2D eigenvalue weighted by Gasteiger charge is 2.19. The van der Waals surface area contributed by atoms with Gasteiger partial charge in [0.15, 0.2) is 18.1 Å². The first kappa shape index (κ1) is 21.8. The lowest BCUT2D eigenvalue weighted by Crippen LogP contribution is -2.20. The van der Waals surface area contributed by atoms with Crippen LogP contribution in [0, 0.1) is 0 Å². The Morgan fingerprint density at radius 3 is 2.38 bits per heavy atom. The van der Waals surface area contributed by atoms with Crippen molar-refractivity contribution in [2.45, 2.75) is 4.90 Å². The zero-order chi connectivity index (χ0) is 21.4. The third-order valence-electron chi connectivity index (χ3n) is 3.60. The molecule has 0 aromatic heterocycles. The Morgan fingerprint density at radius 1 is 1.03 bits per heavy atom. The molecule has 2 aromatic rings. The number of nitrogens with zero attached hydrogens (tertiary/aromatic N) is 1. The number of rotatable bonds is 10. The monoisotopic (exact) mass is 423 g/mol. The average Bonchev–Trinajstić information content (AvgIpc) is 2.71. The van der Waals surface area contributed by atoms with Gasteiger partial charge in [-0.3, -0.25) is 4.79 Å². The molecule has 0 radical (unpaired) electrons. The van der Waals surface area contributed by atoms with Crippen molar-refractivity contribution in [3.8, 4) is 23.0 Å². The van der Waals surface area contributed by atoms with E-state index in [0.29, 0.717) is 22.8 Å². The van der Waals surface area contributed by atoms with Gasteiger partial charge in [-0.05, 0) is 35.9 Å². The maximum absolute atomic E-state index is 12.5. The maximum Gasteiger partial charge on any atom is 0.280 e. The minimum atomic E-state index is -3.98. The molecule has 0 aliphatic carbocycles. The van der Waals surface area contributed by atoms with Crippen LogP contribution in [0.15, 0.2) is 46.4 Å². The van der Waals surface area contributed by atoms with Crippen LogP contribution in [0.1, 0.15) is 5.56 Å². The number of carbonyl (C=O) groups is 1. The van der Waals surface area contributed by atoms with Crippen molar-refractivity contribution in [2.24, 2.45) is 10.8 Å². The second-order valence-electron chi connectivity index (χ2n) is 5.53. The minimum Gasteiger partial charge on any atom is -0.497 e. The first-order valence-corrected chi connectivity index (χ1v) is 9.65. The SMILES string of the molecule is COc1ccc(S(=O)(=O)N/N=C/c2ccc(OCC(N)=O)c(OC)c2)c(OC)c1. The minimum absolute atomic E-state index is 0.0919. The lowest BCUT2D eigenvalue weighted by Gasteiger charge is -2.11. The van der Waals surface area contributed by atoms with Crippen LogP contribution in [0.4, 0.5) is 0 Å². The Balaban J connectivity index is 2.17. The number of ether oxygens (including phenoxy) is 4. The third-order valence-corrected chi connectivity index (χ3v) is 4.87. The molecule has 2 aromatic carbocycles. The van der Waals surface area contributed by atoms with Crippen molar-refractivity contribution in [2.75, 3.05) is 27.9 Å². The highest BCUT2D eigenvalue weighted by molar-refractivity contribution is 7.89. The van der Waals surface area contributed by atoms with Crippen LogP contribution in [-0.2, 0) is 14.8 Å². The molecule has 0 saturated heterocycles. The van der Waals surface area contributed by atoms with Gasteiger partial charge >= 0.3 is 0 Å². The molecule has 0 heterocycles. The van der Waals surface area contributed by atoms with E-state index in [1.54, 1.807) is 18.2 Å². The van der Waals surface area contributed by atoms with Crippen molar-refractivity contribution in [1.82, 2.24) is 4.83 Å². The van der Waals surface area contributed by atoms with Crippen molar-refractivity contribution in [1.29, 1.82) is 0 Å². The van der Waals surface area contributed by atoms with Gasteiger partial charge in [-0.2, -0.15) is 18.4 Å². The second-order valence-corrected chi connectivity index (χ2v) is 7.16. The lowest BCUT2D eigenvalue weighted by atomic mass is 10.2. The summed E-state index contributed by atoms with van der Waals surface area (Å²) in [7, 11) is 0.261. The first-order valence-electron chi connectivity index (χ1n) is 8.16. The third kappa shape index (κ3) is 5.75. The number of hydrogen-bond donors (Lipinski definition) is 2. The number of carbonyl (C=O) groups excluding carboxylic acids is 1. The van der Waals surface area contributed by atoms with E-state index in [1.807, 2.05) is 0 Å². The van der Waals surface area contributed by atoms with Crippen molar-refractivity contribution in [3.63, 3.8) is 0 Å². The summed E-state index contributed by atoms with van der Waals surface area (Å²) in [5, 5.41) is 3.77. The second kappa shape index (κ2) is 9.64. The summed E-state index contributed by atoms with van der Waals surface area (Å²) < 4.78 is 45.6. The molecule has 29 heavy (non-hydrogen) atoms. The summed E-state index contributed by atoms with van der Waals surface area (Å²) in [6, 6.07) is 9.00. The van der Waals surface area contributed by atoms with Crippen LogP contribution in [0.25, 0.3) is 0 Å². The summed E-state index contributed by atoms with van der Waals surface area (Å²) in [5.74, 6) is 0.586. The summed E-state index contributed by atoms with van der Waals surface area (Å²) >= 11 is 0. The Bertz CT molecular complexity index is 1010. The largest absolute Gasteiger partial charge is 0.497 e. The van der Waals surface area contributed by atoms with Crippen molar-refractivity contribution >= 4 is 22.1 Å². The van der Waals surface area contributed by atoms with E-state index in [2.05, 4.69) is 9.93 Å². The van der Waals surface area contributed by atoms with Crippen LogP contribution >= 0.6 is 0 Å². The number of benzene rings is 2. The van der Waals surface area contributed by atoms with E-state index in [9.17, 15) is 13.2 Å². The molecule has 11 heteroatoms. The smallest absolute Gasteiger partial charge is 0.280 e. The maximum atomic E-state index is 12.5. The molecule has 0 fully saturated rings. The molecule has 0 saturated carbocycles. The molecule has 10 nitrogen and oxygen atoms in total. The first-order chi connectivity index (χ1) is 13.8. The van der Waals surface area contributed by atoms with Crippen LogP contribution in [0.3, 0.4) is 0 Å². The topological polar surface area (TPSA) is 139 Å². The lowest BCUT2D eigenvalue weighted by molar-refractivity contribution is -0.119. The van der Waals surface area contributed by atoms with Gasteiger partial charge in [0.1, 0.15) is 16.4 Å². The normalized spacial score (nSPS) is 11.1. The van der Waals surface area contributed by atoms with Crippen LogP contribution in [0.2, 0.25) is 0 Å². The van der Waals surface area contributed by atoms with E-state index in [-0.39, 0.29) is 17.3 Å². The molecular formula is C18H21N3O7S. The van der Waals surface area contributed by atoms with E-state index < -0.39 is 15.9 Å². The predicted octanol–water partition coefficient (Wildman–Crippen LogP) is 0.889. The summed E-state index contributed by atoms with van der Waals surface area (Å²) in [6.07, 6.45) is 1.29. The standard InChI is InChI=1S/C18H21N3O7S/c1-25-13-5-7-17(16(9-13)27-3)29(23,24)21-20-10-12-4-6-14(15(8-12)26-2)28-11-18(19)22/h4-10,21H,11H2,1-3H3,(H2,19,22)/b20-10+. The zero-order valence-electron chi connectivity index (χ0n) is 16.0. The zero-order valence-corrected chi connectivity index (χ0v) is 16.9. The van der Waals surface area contributed by atoms with E-state index in [1.165, 1.54) is 45.7 Å². The van der Waals surface area contributed by atoms with Gasteiger partial charge in [0.25, 0.3) is 15.9 Å². The molecule has 3 N–H and O–H groups in total. The van der Waals surface area contributed by atoms with E-state index >= 15 is 0 Å². The molecule has 0 atom stereocenters. The summed E-state index contributed by atoms with van der Waals surface area (Å²) in [6.45, 7) is -0.298. The number of nitrogens with two attached hydrogens (primary N) is 1. The van der Waals surface area contributed by atoms with Gasteiger partial charge < -0.3 is 24.7 Å². The summed E-state index contributed by atoms with van der Waals surface area (Å²) in [5.41, 5.74) is 5.57. The van der Waals surface area contributed by atoms with Gasteiger partial charge in [0, 0.05) is 6.07 Å². The van der Waals surface area contributed by atoms with Crippen LogP contribution in [-0.4, -0.2) is 48.5 Å². The molecule has 0 aliphatic heterocycles. The van der Waals surface area contributed by atoms with Crippen LogP contribution < -0.4 is 29.5 Å². The number of methoxy groups -OCH3 is 3. The van der Waals surface area contributed by atoms with Gasteiger partial charge in [0.2, 0.25) is 0 Å². The Kier molecular flexibility index (Phi) is 7.26. The fourth-order valence-corrected chi connectivity index (χ4v) is 3.19. The highest BCUT2D eigenvalue weighted by Crippen LogP contribution is 2.29. The average molecular weight is 423 g/mol. The molecule has 0 unspecified atom stereocenters. The van der Waals surface area contributed by atoms with Crippen LogP contribution in [0.5, 0.6) is 23.0 Å². The predicted molar refractivity (Wildman–Crippen MR) is 105 cm³/mol. The van der Waals surface area contributed by atoms with Gasteiger partial charge in [-0.25, -0.2) is 0 Å². The highest BCUT2D eigenvalue weighted by atomic mass is 32.2. The number of amides is 1. The fourth-order valence-electron chi connectivity index (χ4n) is 2.25. The molecule has 2 rings (SSSR count). The number of nitrogens with one attached hydrogen (secondary N) is 1. The molecule has 156 valence electrons. The number of hydrazone groups is 1. The number of sulfonamides is 1. The molecule has 0 bridgehead atoms. The van der Waals surface area contributed by atoms with Crippen molar-refractivity contribution in [3.05, 3.63) is 42.0 Å². The fraction of sp³-hybridized carbons (Fsp3) is 0.222. The Labute approximate surface area is 168 Å². The van der Waals surface area contributed by atoms with Crippen molar-refractivity contribution < 1.29 is 32.2 Å². The Hall–Kier alpha value is -3.47. The molecule has 1 amide bonds. The van der Waals surface area contributed by atoms with E-state index in [0.717, 1.165) is 0 Å².